The fourth-order valence-electron chi connectivity index (χ4n) is 1.95. The van der Waals surface area contributed by atoms with Gasteiger partial charge in [-0.25, -0.2) is 0 Å². The van der Waals surface area contributed by atoms with E-state index in [4.69, 9.17) is 9.47 Å². The van der Waals surface area contributed by atoms with E-state index in [2.05, 4.69) is 17.6 Å². The molecule has 1 unspecified atom stereocenters. The van der Waals surface area contributed by atoms with Gasteiger partial charge in [-0.05, 0) is 26.5 Å². The summed E-state index contributed by atoms with van der Waals surface area (Å²) in [7, 11) is 3.46. The second kappa shape index (κ2) is 9.23. The fraction of sp³-hybridized carbons (Fsp3) is 0.562. The van der Waals surface area contributed by atoms with Gasteiger partial charge in [0.15, 0.2) is 17.6 Å². The van der Waals surface area contributed by atoms with Crippen LogP contribution in [0.25, 0.3) is 0 Å². The van der Waals surface area contributed by atoms with Crippen molar-refractivity contribution in [3.8, 4) is 11.5 Å². The van der Waals surface area contributed by atoms with Crippen LogP contribution in [0, 0.1) is 0 Å². The number of carbonyl (C=O) groups is 1. The zero-order valence-electron chi connectivity index (χ0n) is 13.4. The van der Waals surface area contributed by atoms with Crippen LogP contribution in [0.15, 0.2) is 18.2 Å². The Hall–Kier alpha value is -1.75. The zero-order valence-corrected chi connectivity index (χ0v) is 13.4. The second-order valence-electron chi connectivity index (χ2n) is 4.88. The van der Waals surface area contributed by atoms with Gasteiger partial charge in [-0.1, -0.05) is 25.5 Å². The molecule has 1 atom stereocenters. The average Bonchev–Trinajstić information content (AvgIpc) is 2.49. The standard InChI is InChI=1S/C16H26N2O3/c1-5-6-10-18-16(19)12(2)21-15-13(11-17-3)8-7-9-14(15)20-4/h7-9,12,17H,5-6,10-11H2,1-4H3,(H,18,19). The Balaban J connectivity index is 2.77. The molecule has 118 valence electrons. The first-order chi connectivity index (χ1) is 10.1. The van der Waals surface area contributed by atoms with Crippen molar-refractivity contribution in [1.82, 2.24) is 10.6 Å². The molecule has 0 saturated carbocycles. The van der Waals surface area contributed by atoms with Crippen molar-refractivity contribution in [2.45, 2.75) is 39.3 Å². The molecular formula is C16H26N2O3. The molecule has 5 heteroatoms. The molecule has 0 radical (unpaired) electrons. The van der Waals surface area contributed by atoms with Gasteiger partial charge in [-0.2, -0.15) is 0 Å². The smallest absolute Gasteiger partial charge is 0.260 e. The quantitative estimate of drug-likeness (QED) is 0.685. The van der Waals surface area contributed by atoms with Crippen LogP contribution >= 0.6 is 0 Å². The number of nitrogens with one attached hydrogen (secondary N) is 2. The van der Waals surface area contributed by atoms with Gasteiger partial charge in [0.2, 0.25) is 0 Å². The third kappa shape index (κ3) is 5.27. The molecule has 1 aromatic carbocycles. The summed E-state index contributed by atoms with van der Waals surface area (Å²) in [5, 5.41) is 5.96. The van der Waals surface area contributed by atoms with Crippen LogP contribution in [0.5, 0.6) is 11.5 Å². The van der Waals surface area contributed by atoms with Crippen molar-refractivity contribution >= 4 is 5.91 Å². The number of hydrogen-bond donors (Lipinski definition) is 2. The lowest BCUT2D eigenvalue weighted by molar-refractivity contribution is -0.127. The number of methoxy groups -OCH3 is 1. The Kier molecular flexibility index (Phi) is 7.61. The summed E-state index contributed by atoms with van der Waals surface area (Å²) in [6.07, 6.45) is 1.46. The van der Waals surface area contributed by atoms with Crippen molar-refractivity contribution < 1.29 is 14.3 Å². The van der Waals surface area contributed by atoms with Gasteiger partial charge in [0.1, 0.15) is 0 Å². The van der Waals surface area contributed by atoms with E-state index in [1.54, 1.807) is 14.0 Å². The highest BCUT2D eigenvalue weighted by atomic mass is 16.5. The minimum absolute atomic E-state index is 0.107. The van der Waals surface area contributed by atoms with E-state index < -0.39 is 6.10 Å². The van der Waals surface area contributed by atoms with Crippen molar-refractivity contribution in [3.63, 3.8) is 0 Å². The molecule has 1 amide bonds. The van der Waals surface area contributed by atoms with E-state index in [-0.39, 0.29) is 5.91 Å². The number of hydrogen-bond acceptors (Lipinski definition) is 4. The van der Waals surface area contributed by atoms with Gasteiger partial charge in [0, 0.05) is 18.7 Å². The van der Waals surface area contributed by atoms with Crippen LogP contribution in [0.1, 0.15) is 32.3 Å². The molecule has 0 fully saturated rings. The normalized spacial score (nSPS) is 11.8. The molecule has 0 saturated heterocycles. The summed E-state index contributed by atoms with van der Waals surface area (Å²) < 4.78 is 11.2. The molecule has 0 aliphatic heterocycles. The van der Waals surface area contributed by atoms with E-state index in [0.717, 1.165) is 18.4 Å². The lowest BCUT2D eigenvalue weighted by Gasteiger charge is -2.19. The van der Waals surface area contributed by atoms with E-state index in [0.29, 0.717) is 24.6 Å². The number of unbranched alkanes of at least 4 members (excludes halogenated alkanes) is 1. The molecule has 0 aliphatic carbocycles. The number of ether oxygens (including phenoxy) is 2. The van der Waals surface area contributed by atoms with Gasteiger partial charge in [0.25, 0.3) is 5.91 Å². The minimum atomic E-state index is -0.561. The highest BCUT2D eigenvalue weighted by Crippen LogP contribution is 2.31. The van der Waals surface area contributed by atoms with Gasteiger partial charge in [0.05, 0.1) is 7.11 Å². The van der Waals surface area contributed by atoms with Crippen molar-refractivity contribution in [2.24, 2.45) is 0 Å². The zero-order chi connectivity index (χ0) is 15.7. The maximum atomic E-state index is 12.0. The van der Waals surface area contributed by atoms with Crippen molar-refractivity contribution in [1.29, 1.82) is 0 Å². The van der Waals surface area contributed by atoms with Crippen molar-refractivity contribution in [2.75, 3.05) is 20.7 Å². The summed E-state index contributed by atoms with van der Waals surface area (Å²) in [5.41, 5.74) is 0.963. The summed E-state index contributed by atoms with van der Waals surface area (Å²) in [4.78, 5) is 12.0. The Bertz CT molecular complexity index is 449. The van der Waals surface area contributed by atoms with Crippen LogP contribution in [0.3, 0.4) is 0 Å². The van der Waals surface area contributed by atoms with Gasteiger partial charge >= 0.3 is 0 Å². The predicted octanol–water partition coefficient (Wildman–Crippen LogP) is 2.10. The van der Waals surface area contributed by atoms with Crippen LogP contribution in [0.4, 0.5) is 0 Å². The maximum Gasteiger partial charge on any atom is 0.260 e. The molecule has 0 aliphatic rings. The number of rotatable bonds is 9. The van der Waals surface area contributed by atoms with E-state index in [1.807, 2.05) is 25.2 Å². The SMILES string of the molecule is CCCCNC(=O)C(C)Oc1c(CNC)cccc1OC. The third-order valence-electron chi connectivity index (χ3n) is 3.14. The molecule has 1 rings (SSSR count). The van der Waals surface area contributed by atoms with E-state index >= 15 is 0 Å². The molecule has 0 aromatic heterocycles. The van der Waals surface area contributed by atoms with Crippen LogP contribution < -0.4 is 20.1 Å². The number of benzene rings is 1. The highest BCUT2D eigenvalue weighted by molar-refractivity contribution is 5.80. The molecule has 1 aromatic rings. The lowest BCUT2D eigenvalue weighted by Crippen LogP contribution is -2.37. The van der Waals surface area contributed by atoms with E-state index in [9.17, 15) is 4.79 Å². The van der Waals surface area contributed by atoms with Crippen LogP contribution in [-0.4, -0.2) is 32.7 Å². The molecular weight excluding hydrogens is 268 g/mol. The number of amides is 1. The van der Waals surface area contributed by atoms with Crippen molar-refractivity contribution in [3.05, 3.63) is 23.8 Å². The van der Waals surface area contributed by atoms with E-state index in [1.165, 1.54) is 0 Å². The number of para-hydroxylation sites is 1. The number of carbonyl (C=O) groups excluding carboxylic acids is 1. The lowest BCUT2D eigenvalue weighted by atomic mass is 10.1. The molecule has 2 N–H and O–H groups in total. The highest BCUT2D eigenvalue weighted by Gasteiger charge is 2.18. The molecule has 5 nitrogen and oxygen atoms in total. The predicted molar refractivity (Wildman–Crippen MR) is 83.8 cm³/mol. The molecule has 0 heterocycles. The van der Waals surface area contributed by atoms with Crippen LogP contribution in [-0.2, 0) is 11.3 Å². The average molecular weight is 294 g/mol. The molecule has 0 spiro atoms. The van der Waals surface area contributed by atoms with Gasteiger partial charge < -0.3 is 20.1 Å². The first-order valence-corrected chi connectivity index (χ1v) is 7.38. The van der Waals surface area contributed by atoms with Gasteiger partial charge in [-0.15, -0.1) is 0 Å². The van der Waals surface area contributed by atoms with Gasteiger partial charge in [-0.3, -0.25) is 4.79 Å². The molecule has 0 bridgehead atoms. The second-order valence-corrected chi connectivity index (χ2v) is 4.88. The first kappa shape index (κ1) is 17.3. The fourth-order valence-corrected chi connectivity index (χ4v) is 1.95. The Labute approximate surface area is 127 Å². The summed E-state index contributed by atoms with van der Waals surface area (Å²) in [6.45, 7) is 5.16. The molecule has 21 heavy (non-hydrogen) atoms. The summed E-state index contributed by atoms with van der Waals surface area (Å²) in [5.74, 6) is 1.15. The van der Waals surface area contributed by atoms with Crippen LogP contribution in [0.2, 0.25) is 0 Å². The largest absolute Gasteiger partial charge is 0.493 e. The minimum Gasteiger partial charge on any atom is -0.493 e. The Morgan fingerprint density at radius 2 is 2.14 bits per heavy atom. The Morgan fingerprint density at radius 1 is 1.38 bits per heavy atom. The monoisotopic (exact) mass is 294 g/mol. The summed E-state index contributed by atoms with van der Waals surface area (Å²) >= 11 is 0. The Morgan fingerprint density at radius 3 is 2.76 bits per heavy atom. The maximum absolute atomic E-state index is 12.0. The topological polar surface area (TPSA) is 59.6 Å². The first-order valence-electron chi connectivity index (χ1n) is 7.38. The third-order valence-corrected chi connectivity index (χ3v) is 3.14. The summed E-state index contributed by atoms with van der Waals surface area (Å²) in [6, 6.07) is 5.69.